The Morgan fingerprint density at radius 2 is 2.18 bits per heavy atom. The maximum atomic E-state index is 10.8. The van der Waals surface area contributed by atoms with E-state index in [1.165, 1.54) is 0 Å². The van der Waals surface area contributed by atoms with Crippen LogP contribution in [0, 0.1) is 0 Å². The smallest absolute Gasteiger partial charge is 0.335 e. The second kappa shape index (κ2) is 5.42. The minimum Gasteiger partial charge on any atom is -0.478 e. The molecule has 0 saturated heterocycles. The van der Waals surface area contributed by atoms with Gasteiger partial charge in [0, 0.05) is 4.90 Å². The fourth-order valence-corrected chi connectivity index (χ4v) is 2.49. The lowest BCUT2D eigenvalue weighted by molar-refractivity contribution is 0.0696. The van der Waals surface area contributed by atoms with Crippen molar-refractivity contribution in [3.63, 3.8) is 0 Å². The van der Waals surface area contributed by atoms with E-state index >= 15 is 0 Å². The number of hydrogen-bond donors (Lipinski definition) is 1. The van der Waals surface area contributed by atoms with E-state index in [9.17, 15) is 4.79 Å². The maximum absolute atomic E-state index is 10.8. The molecule has 88 valence electrons. The number of carbonyl (C=O) groups is 1. The third-order valence-corrected chi connectivity index (χ3v) is 3.53. The molecule has 0 spiro atoms. The molecule has 0 aliphatic carbocycles. The molecular formula is C12H9BrO3S. The van der Waals surface area contributed by atoms with Crippen LogP contribution in [0.5, 0.6) is 0 Å². The van der Waals surface area contributed by atoms with Gasteiger partial charge >= 0.3 is 5.97 Å². The molecule has 0 fully saturated rings. The Kier molecular flexibility index (Phi) is 3.91. The zero-order chi connectivity index (χ0) is 12.3. The number of hydrogen-bond acceptors (Lipinski definition) is 3. The third kappa shape index (κ3) is 3.38. The van der Waals surface area contributed by atoms with Crippen molar-refractivity contribution in [2.45, 2.75) is 10.6 Å². The van der Waals surface area contributed by atoms with Crippen molar-refractivity contribution in [1.29, 1.82) is 0 Å². The summed E-state index contributed by atoms with van der Waals surface area (Å²) in [5, 5.41) is 8.86. The minimum atomic E-state index is -0.909. The molecule has 0 bridgehead atoms. The second-order valence-corrected chi connectivity index (χ2v) is 5.16. The van der Waals surface area contributed by atoms with Gasteiger partial charge in [0.25, 0.3) is 0 Å². The number of carboxylic acids is 1. The van der Waals surface area contributed by atoms with Crippen LogP contribution in [0.25, 0.3) is 0 Å². The first-order valence-corrected chi connectivity index (χ1v) is 6.63. The van der Waals surface area contributed by atoms with Gasteiger partial charge in [0.15, 0.2) is 4.67 Å². The lowest BCUT2D eigenvalue weighted by atomic mass is 10.2. The van der Waals surface area contributed by atoms with E-state index in [0.29, 0.717) is 16.0 Å². The highest BCUT2D eigenvalue weighted by Gasteiger charge is 2.05. The van der Waals surface area contributed by atoms with Crippen molar-refractivity contribution in [3.8, 4) is 0 Å². The zero-order valence-corrected chi connectivity index (χ0v) is 11.1. The van der Waals surface area contributed by atoms with Crippen LogP contribution in [0.2, 0.25) is 0 Å². The van der Waals surface area contributed by atoms with Crippen LogP contribution in [-0.4, -0.2) is 11.1 Å². The van der Waals surface area contributed by atoms with Gasteiger partial charge in [-0.2, -0.15) is 0 Å². The molecule has 1 aromatic heterocycles. The summed E-state index contributed by atoms with van der Waals surface area (Å²) in [7, 11) is 0. The fraction of sp³-hybridized carbons (Fsp3) is 0.0833. The number of halogens is 1. The van der Waals surface area contributed by atoms with E-state index < -0.39 is 5.97 Å². The molecule has 1 N–H and O–H groups in total. The predicted octanol–water partition coefficient (Wildman–Crippen LogP) is 4.03. The van der Waals surface area contributed by atoms with Crippen LogP contribution in [0.1, 0.15) is 16.1 Å². The van der Waals surface area contributed by atoms with Crippen molar-refractivity contribution in [1.82, 2.24) is 0 Å². The monoisotopic (exact) mass is 312 g/mol. The zero-order valence-electron chi connectivity index (χ0n) is 8.72. The van der Waals surface area contributed by atoms with Crippen LogP contribution < -0.4 is 0 Å². The molecule has 3 nitrogen and oxygen atoms in total. The average molecular weight is 313 g/mol. The molecule has 5 heteroatoms. The van der Waals surface area contributed by atoms with Crippen molar-refractivity contribution in [2.75, 3.05) is 0 Å². The summed E-state index contributed by atoms with van der Waals surface area (Å²) in [4.78, 5) is 11.7. The lowest BCUT2D eigenvalue weighted by Crippen LogP contribution is -1.95. The predicted molar refractivity (Wildman–Crippen MR) is 69.4 cm³/mol. The van der Waals surface area contributed by atoms with Crippen LogP contribution in [0.4, 0.5) is 0 Å². The first-order chi connectivity index (χ1) is 8.15. The Labute approximate surface area is 111 Å². The van der Waals surface area contributed by atoms with Crippen molar-refractivity contribution in [3.05, 3.63) is 52.4 Å². The Bertz CT molecular complexity index is 536. The van der Waals surface area contributed by atoms with E-state index in [1.807, 2.05) is 18.2 Å². The molecule has 0 aliphatic heterocycles. The standard InChI is InChI=1S/C12H9BrO3S/c13-11-5-4-9(16-11)7-17-10-3-1-2-8(6-10)12(14)15/h1-6H,7H2,(H,14,15). The summed E-state index contributed by atoms with van der Waals surface area (Å²) in [5.41, 5.74) is 0.302. The number of thioether (sulfide) groups is 1. The van der Waals surface area contributed by atoms with Crippen LogP contribution >= 0.6 is 27.7 Å². The molecule has 0 atom stereocenters. The van der Waals surface area contributed by atoms with E-state index in [1.54, 1.807) is 30.0 Å². The van der Waals surface area contributed by atoms with Crippen LogP contribution in [0.15, 0.2) is 50.4 Å². The van der Waals surface area contributed by atoms with Crippen molar-refractivity contribution >= 4 is 33.7 Å². The van der Waals surface area contributed by atoms with Crippen molar-refractivity contribution < 1.29 is 14.3 Å². The lowest BCUT2D eigenvalue weighted by Gasteiger charge is -2.00. The molecule has 1 aromatic carbocycles. The summed E-state index contributed by atoms with van der Waals surface area (Å²) < 4.78 is 6.06. The Hall–Kier alpha value is -1.20. The SMILES string of the molecule is O=C(O)c1cccc(SCc2ccc(Br)o2)c1. The molecule has 0 unspecified atom stereocenters. The first-order valence-electron chi connectivity index (χ1n) is 4.85. The van der Waals surface area contributed by atoms with Gasteiger partial charge in [-0.15, -0.1) is 11.8 Å². The van der Waals surface area contributed by atoms with Crippen LogP contribution in [-0.2, 0) is 5.75 Å². The molecule has 0 aliphatic rings. The van der Waals surface area contributed by atoms with Gasteiger partial charge in [0.1, 0.15) is 5.76 Å². The Balaban J connectivity index is 2.04. The van der Waals surface area contributed by atoms with E-state index in [2.05, 4.69) is 15.9 Å². The molecular weight excluding hydrogens is 304 g/mol. The van der Waals surface area contributed by atoms with Gasteiger partial charge in [-0.25, -0.2) is 4.79 Å². The second-order valence-electron chi connectivity index (χ2n) is 3.33. The Morgan fingerprint density at radius 1 is 1.35 bits per heavy atom. The highest BCUT2D eigenvalue weighted by atomic mass is 79.9. The van der Waals surface area contributed by atoms with Gasteiger partial charge in [-0.05, 0) is 46.3 Å². The summed E-state index contributed by atoms with van der Waals surface area (Å²) in [6.45, 7) is 0. The number of rotatable bonds is 4. The fourth-order valence-electron chi connectivity index (χ4n) is 1.30. The normalized spacial score (nSPS) is 10.4. The average Bonchev–Trinajstić information content (AvgIpc) is 2.73. The molecule has 1 heterocycles. The largest absolute Gasteiger partial charge is 0.478 e. The van der Waals surface area contributed by atoms with Gasteiger partial charge in [-0.3, -0.25) is 0 Å². The number of furan rings is 1. The molecule has 0 saturated carbocycles. The molecule has 2 aromatic rings. The molecule has 0 amide bonds. The summed E-state index contributed by atoms with van der Waals surface area (Å²) in [6.07, 6.45) is 0. The summed E-state index contributed by atoms with van der Waals surface area (Å²) in [5.74, 6) is 0.616. The highest BCUT2D eigenvalue weighted by Crippen LogP contribution is 2.25. The Morgan fingerprint density at radius 3 is 2.82 bits per heavy atom. The number of carboxylic acid groups (broad SMARTS) is 1. The minimum absolute atomic E-state index is 0.302. The molecule has 17 heavy (non-hydrogen) atoms. The van der Waals surface area contributed by atoms with Gasteiger partial charge in [0.05, 0.1) is 11.3 Å². The van der Waals surface area contributed by atoms with Gasteiger partial charge < -0.3 is 9.52 Å². The van der Waals surface area contributed by atoms with E-state index in [4.69, 9.17) is 9.52 Å². The van der Waals surface area contributed by atoms with Gasteiger partial charge in [0.2, 0.25) is 0 Å². The molecule has 0 radical (unpaired) electrons. The molecule has 2 rings (SSSR count). The highest BCUT2D eigenvalue weighted by molar-refractivity contribution is 9.10. The summed E-state index contributed by atoms with van der Waals surface area (Å²) >= 11 is 4.78. The number of aromatic carboxylic acids is 1. The maximum Gasteiger partial charge on any atom is 0.335 e. The summed E-state index contributed by atoms with van der Waals surface area (Å²) in [6, 6.07) is 10.6. The third-order valence-electron chi connectivity index (χ3n) is 2.09. The van der Waals surface area contributed by atoms with Crippen LogP contribution in [0.3, 0.4) is 0 Å². The van der Waals surface area contributed by atoms with E-state index in [0.717, 1.165) is 10.7 Å². The topological polar surface area (TPSA) is 50.4 Å². The van der Waals surface area contributed by atoms with E-state index in [-0.39, 0.29) is 0 Å². The quantitative estimate of drug-likeness (QED) is 0.866. The first kappa shape index (κ1) is 12.3. The van der Waals surface area contributed by atoms with Crippen molar-refractivity contribution in [2.24, 2.45) is 0 Å². The number of benzene rings is 1. The van der Waals surface area contributed by atoms with Gasteiger partial charge in [-0.1, -0.05) is 6.07 Å².